The molecule has 0 fully saturated rings. The summed E-state index contributed by atoms with van der Waals surface area (Å²) in [6, 6.07) is 15.0. The first-order valence-corrected chi connectivity index (χ1v) is 11.5. The lowest BCUT2D eigenvalue weighted by molar-refractivity contribution is -0.141. The Morgan fingerprint density at radius 1 is 1.06 bits per heavy atom. The van der Waals surface area contributed by atoms with E-state index in [-0.39, 0.29) is 40.9 Å². The quantitative estimate of drug-likeness (QED) is 0.369. The SMILES string of the molecule is COC(=O)CCCc1cc2nc(C(F)(F)F)ccc2n1S(=O)(=O)c1cccc2ccccc12. The van der Waals surface area contributed by atoms with Crippen LogP contribution in [0.3, 0.4) is 0 Å². The first-order chi connectivity index (χ1) is 15.6. The van der Waals surface area contributed by atoms with E-state index in [1.165, 1.54) is 19.2 Å². The van der Waals surface area contributed by atoms with Gasteiger partial charge in [0.25, 0.3) is 10.0 Å². The predicted molar refractivity (Wildman–Crippen MR) is 116 cm³/mol. The van der Waals surface area contributed by atoms with Crippen molar-refractivity contribution in [2.75, 3.05) is 7.11 Å². The van der Waals surface area contributed by atoms with E-state index in [9.17, 15) is 26.4 Å². The molecule has 2 heterocycles. The highest BCUT2D eigenvalue weighted by Gasteiger charge is 2.33. The number of carbonyl (C=O) groups is 1. The predicted octanol–water partition coefficient (Wildman–Crippen LogP) is 4.94. The number of pyridine rings is 1. The fourth-order valence-electron chi connectivity index (χ4n) is 3.77. The molecular formula is C23H19F3N2O4S. The van der Waals surface area contributed by atoms with Crippen LogP contribution in [0.15, 0.2) is 65.6 Å². The van der Waals surface area contributed by atoms with Crippen LogP contribution in [0, 0.1) is 0 Å². The highest BCUT2D eigenvalue weighted by atomic mass is 32.2. The number of fused-ring (bicyclic) bond motifs is 2. The first-order valence-electron chi connectivity index (χ1n) is 10.0. The van der Waals surface area contributed by atoms with Crippen molar-refractivity contribution >= 4 is 37.8 Å². The van der Waals surface area contributed by atoms with E-state index in [1.54, 1.807) is 36.4 Å². The smallest absolute Gasteiger partial charge is 0.433 e. The van der Waals surface area contributed by atoms with Gasteiger partial charge in [-0.05, 0) is 42.5 Å². The second-order valence-corrected chi connectivity index (χ2v) is 9.17. The van der Waals surface area contributed by atoms with Gasteiger partial charge < -0.3 is 4.74 Å². The van der Waals surface area contributed by atoms with Gasteiger partial charge in [-0.15, -0.1) is 0 Å². The standard InChI is InChI=1S/C23H19F3N2O4S/c1-32-22(29)11-5-8-16-14-18-19(12-13-21(27-18)23(24,25)26)28(16)33(30,31)20-10-4-7-15-6-2-3-9-17(15)20/h2-4,6-7,9-10,12-14H,5,8,11H2,1H3. The van der Waals surface area contributed by atoms with Gasteiger partial charge >= 0.3 is 12.1 Å². The van der Waals surface area contributed by atoms with E-state index in [4.69, 9.17) is 0 Å². The molecule has 4 rings (SSSR count). The molecule has 172 valence electrons. The Hall–Kier alpha value is -3.40. The maximum absolute atomic E-state index is 13.8. The summed E-state index contributed by atoms with van der Waals surface area (Å²) in [6.07, 6.45) is -4.26. The number of benzene rings is 2. The van der Waals surface area contributed by atoms with Gasteiger partial charge in [-0.1, -0.05) is 36.4 Å². The molecule has 4 aromatic rings. The van der Waals surface area contributed by atoms with E-state index in [0.717, 1.165) is 16.1 Å². The second kappa shape index (κ2) is 8.51. The van der Waals surface area contributed by atoms with Crippen molar-refractivity contribution in [3.05, 3.63) is 72.1 Å². The van der Waals surface area contributed by atoms with Gasteiger partial charge in [0.2, 0.25) is 0 Å². The van der Waals surface area contributed by atoms with Crippen molar-refractivity contribution in [1.29, 1.82) is 0 Å². The highest BCUT2D eigenvalue weighted by molar-refractivity contribution is 7.90. The van der Waals surface area contributed by atoms with Crippen molar-refractivity contribution in [3.63, 3.8) is 0 Å². The van der Waals surface area contributed by atoms with Gasteiger partial charge in [-0.2, -0.15) is 13.2 Å². The number of ether oxygens (including phenoxy) is 1. The monoisotopic (exact) mass is 476 g/mol. The molecule has 33 heavy (non-hydrogen) atoms. The van der Waals surface area contributed by atoms with Crippen LogP contribution in [-0.4, -0.2) is 30.5 Å². The summed E-state index contributed by atoms with van der Waals surface area (Å²) < 4.78 is 72.8. The van der Waals surface area contributed by atoms with E-state index in [1.807, 2.05) is 0 Å². The molecule has 0 N–H and O–H groups in total. The van der Waals surface area contributed by atoms with Crippen molar-refractivity contribution in [3.8, 4) is 0 Å². The lowest BCUT2D eigenvalue weighted by Gasteiger charge is -2.14. The lowest BCUT2D eigenvalue weighted by Crippen LogP contribution is -2.16. The van der Waals surface area contributed by atoms with Crippen LogP contribution >= 0.6 is 0 Å². The second-order valence-electron chi connectivity index (χ2n) is 7.41. The minimum atomic E-state index is -4.67. The molecule has 0 spiro atoms. The van der Waals surface area contributed by atoms with Crippen LogP contribution in [0.5, 0.6) is 0 Å². The molecule has 0 amide bonds. The van der Waals surface area contributed by atoms with Crippen LogP contribution in [-0.2, 0) is 32.2 Å². The molecule has 2 aromatic heterocycles. The summed E-state index contributed by atoms with van der Waals surface area (Å²) in [5.41, 5.74) is -0.949. The van der Waals surface area contributed by atoms with E-state index in [2.05, 4.69) is 9.72 Å². The molecule has 10 heteroatoms. The van der Waals surface area contributed by atoms with E-state index >= 15 is 0 Å². The first kappa shape index (κ1) is 22.8. The van der Waals surface area contributed by atoms with Crippen LogP contribution < -0.4 is 0 Å². The van der Waals surface area contributed by atoms with Gasteiger partial charge in [0.05, 0.1) is 23.0 Å². The van der Waals surface area contributed by atoms with Crippen molar-refractivity contribution < 1.29 is 31.1 Å². The minimum Gasteiger partial charge on any atom is -0.469 e. The maximum Gasteiger partial charge on any atom is 0.433 e. The third-order valence-electron chi connectivity index (χ3n) is 5.29. The number of aromatic nitrogens is 2. The fourth-order valence-corrected chi connectivity index (χ4v) is 5.54. The van der Waals surface area contributed by atoms with Crippen LogP contribution in [0.4, 0.5) is 13.2 Å². The number of hydrogen-bond donors (Lipinski definition) is 0. The Labute approximate surface area is 187 Å². The Kier molecular flexibility index (Phi) is 5.87. The summed E-state index contributed by atoms with van der Waals surface area (Å²) in [5.74, 6) is -0.466. The number of esters is 1. The number of aryl methyl sites for hydroxylation is 1. The topological polar surface area (TPSA) is 78.3 Å². The Morgan fingerprint density at radius 2 is 1.79 bits per heavy atom. The summed E-state index contributed by atoms with van der Waals surface area (Å²) >= 11 is 0. The summed E-state index contributed by atoms with van der Waals surface area (Å²) in [5, 5.41) is 1.20. The molecule has 0 aliphatic rings. The van der Waals surface area contributed by atoms with Crippen molar-refractivity contribution in [2.45, 2.75) is 30.3 Å². The summed E-state index contributed by atoms with van der Waals surface area (Å²) in [4.78, 5) is 15.2. The van der Waals surface area contributed by atoms with Gasteiger partial charge in [0.15, 0.2) is 0 Å². The van der Waals surface area contributed by atoms with Crippen LogP contribution in [0.25, 0.3) is 21.8 Å². The molecule has 0 bridgehead atoms. The zero-order valence-electron chi connectivity index (χ0n) is 17.5. The maximum atomic E-state index is 13.8. The minimum absolute atomic E-state index is 0.0206. The molecule has 0 aliphatic carbocycles. The zero-order chi connectivity index (χ0) is 23.8. The molecular weight excluding hydrogens is 457 g/mol. The molecule has 0 radical (unpaired) electrons. The van der Waals surface area contributed by atoms with E-state index < -0.39 is 27.9 Å². The average Bonchev–Trinajstić information content (AvgIpc) is 3.16. The Bertz CT molecular complexity index is 1450. The Balaban J connectivity index is 1.91. The fraction of sp³-hybridized carbons (Fsp3) is 0.217. The van der Waals surface area contributed by atoms with Crippen LogP contribution in [0.1, 0.15) is 24.2 Å². The zero-order valence-corrected chi connectivity index (χ0v) is 18.3. The molecule has 2 aromatic carbocycles. The number of nitrogens with zero attached hydrogens (tertiary/aromatic N) is 2. The van der Waals surface area contributed by atoms with Gasteiger partial charge in [-0.25, -0.2) is 17.4 Å². The third-order valence-corrected chi connectivity index (χ3v) is 7.11. The third kappa shape index (κ3) is 4.30. The average molecular weight is 476 g/mol. The molecule has 0 saturated heterocycles. The molecule has 0 atom stereocenters. The number of halogens is 3. The number of methoxy groups -OCH3 is 1. The van der Waals surface area contributed by atoms with Crippen LogP contribution in [0.2, 0.25) is 0 Å². The molecule has 0 aliphatic heterocycles. The highest BCUT2D eigenvalue weighted by Crippen LogP contribution is 2.33. The number of carbonyl (C=O) groups excluding carboxylic acids is 1. The number of rotatable bonds is 6. The van der Waals surface area contributed by atoms with Crippen molar-refractivity contribution in [2.24, 2.45) is 0 Å². The van der Waals surface area contributed by atoms with Gasteiger partial charge in [0, 0.05) is 17.5 Å². The molecule has 6 nitrogen and oxygen atoms in total. The molecule has 0 saturated carbocycles. The largest absolute Gasteiger partial charge is 0.469 e. The molecule has 0 unspecified atom stereocenters. The number of hydrogen-bond acceptors (Lipinski definition) is 5. The van der Waals surface area contributed by atoms with Crippen molar-refractivity contribution in [1.82, 2.24) is 8.96 Å². The summed E-state index contributed by atoms with van der Waals surface area (Å²) in [6.45, 7) is 0. The Morgan fingerprint density at radius 3 is 2.52 bits per heavy atom. The van der Waals surface area contributed by atoms with Gasteiger partial charge in [-0.3, -0.25) is 4.79 Å². The lowest BCUT2D eigenvalue weighted by atomic mass is 10.1. The normalized spacial score (nSPS) is 12.4. The van der Waals surface area contributed by atoms with E-state index in [0.29, 0.717) is 10.8 Å². The van der Waals surface area contributed by atoms with Gasteiger partial charge in [0.1, 0.15) is 5.69 Å². The number of alkyl halides is 3. The summed E-state index contributed by atoms with van der Waals surface area (Å²) in [7, 11) is -2.96.